The Labute approximate surface area is 116 Å². The number of alkyl halides is 3. The third kappa shape index (κ3) is 3.49. The maximum Gasteiger partial charge on any atom is 0.391 e. The van der Waals surface area contributed by atoms with Crippen LogP contribution in [-0.4, -0.2) is 11.2 Å². The summed E-state index contributed by atoms with van der Waals surface area (Å²) in [5.41, 5.74) is 4.59. The van der Waals surface area contributed by atoms with E-state index in [-0.39, 0.29) is 24.8 Å². The molecule has 1 aromatic rings. The highest BCUT2D eigenvalue weighted by Crippen LogP contribution is 2.42. The zero-order chi connectivity index (χ0) is 14.8. The molecule has 0 aliphatic heterocycles. The van der Waals surface area contributed by atoms with Gasteiger partial charge in [0.2, 0.25) is 0 Å². The molecule has 3 nitrogen and oxygen atoms in total. The highest BCUT2D eigenvalue weighted by Gasteiger charge is 2.42. The van der Waals surface area contributed by atoms with Gasteiger partial charge in [-0.2, -0.15) is 13.2 Å². The summed E-state index contributed by atoms with van der Waals surface area (Å²) in [7, 11) is 0. The summed E-state index contributed by atoms with van der Waals surface area (Å²) in [4.78, 5) is 4.22. The number of nitrogens with zero attached hydrogens (tertiary/aromatic N) is 1. The predicted molar refractivity (Wildman–Crippen MR) is 70.5 cm³/mol. The van der Waals surface area contributed by atoms with Gasteiger partial charge >= 0.3 is 6.18 Å². The molecule has 6 heteroatoms. The Bertz CT molecular complexity index is 422. The second-order valence-electron chi connectivity index (χ2n) is 5.53. The minimum Gasteiger partial charge on any atom is -0.271 e. The fraction of sp³-hybridized carbons (Fsp3) is 0.643. The number of aromatic nitrogens is 1. The van der Waals surface area contributed by atoms with Crippen LogP contribution in [0.1, 0.15) is 43.0 Å². The van der Waals surface area contributed by atoms with Gasteiger partial charge in [0, 0.05) is 11.9 Å². The molecule has 0 bridgehead atoms. The van der Waals surface area contributed by atoms with Crippen LogP contribution < -0.4 is 11.3 Å². The molecular formula is C14H20F3N3. The van der Waals surface area contributed by atoms with E-state index in [2.05, 4.69) is 10.4 Å². The number of aryl methyl sites for hydroxylation is 1. The number of halogens is 3. The van der Waals surface area contributed by atoms with Gasteiger partial charge in [0.05, 0.1) is 12.0 Å². The molecule has 0 amide bonds. The lowest BCUT2D eigenvalue weighted by Crippen LogP contribution is -2.37. The van der Waals surface area contributed by atoms with Crippen molar-refractivity contribution in [1.82, 2.24) is 10.4 Å². The SMILES string of the molecule is Cc1ccc(C(NN)C2CCC(C(F)(F)F)CC2)cn1. The van der Waals surface area contributed by atoms with Crippen molar-refractivity contribution in [3.63, 3.8) is 0 Å². The second-order valence-corrected chi connectivity index (χ2v) is 5.53. The molecule has 1 saturated carbocycles. The van der Waals surface area contributed by atoms with E-state index in [0.29, 0.717) is 12.8 Å². The van der Waals surface area contributed by atoms with Crippen LogP contribution in [0.2, 0.25) is 0 Å². The van der Waals surface area contributed by atoms with Gasteiger partial charge in [0.15, 0.2) is 0 Å². The number of pyridine rings is 1. The lowest BCUT2D eigenvalue weighted by atomic mass is 9.77. The standard InChI is InChI=1S/C14H20F3N3/c1-9-2-3-11(8-19-9)13(20-18)10-4-6-12(7-5-10)14(15,16)17/h2-3,8,10,12-13,20H,4-7,18H2,1H3. The topological polar surface area (TPSA) is 50.9 Å². The average Bonchev–Trinajstić information content (AvgIpc) is 2.41. The Balaban J connectivity index is 2.02. The highest BCUT2D eigenvalue weighted by molar-refractivity contribution is 5.18. The fourth-order valence-electron chi connectivity index (χ4n) is 2.95. The fourth-order valence-corrected chi connectivity index (χ4v) is 2.95. The molecule has 0 spiro atoms. The van der Waals surface area contributed by atoms with Crippen LogP contribution in [0.15, 0.2) is 18.3 Å². The molecule has 1 fully saturated rings. The van der Waals surface area contributed by atoms with Crippen LogP contribution in [0.5, 0.6) is 0 Å². The minimum absolute atomic E-state index is 0.128. The number of hydrazine groups is 1. The maximum atomic E-state index is 12.7. The number of rotatable bonds is 3. The molecule has 20 heavy (non-hydrogen) atoms. The Kier molecular flexibility index (Phi) is 4.65. The largest absolute Gasteiger partial charge is 0.391 e. The molecule has 1 aliphatic carbocycles. The first-order chi connectivity index (χ1) is 9.41. The summed E-state index contributed by atoms with van der Waals surface area (Å²) >= 11 is 0. The third-order valence-corrected chi connectivity index (χ3v) is 4.18. The quantitative estimate of drug-likeness (QED) is 0.662. The van der Waals surface area contributed by atoms with Crippen LogP contribution in [-0.2, 0) is 0 Å². The zero-order valence-electron chi connectivity index (χ0n) is 11.5. The molecule has 1 aromatic heterocycles. The van der Waals surface area contributed by atoms with E-state index in [1.54, 1.807) is 6.20 Å². The van der Waals surface area contributed by atoms with Gasteiger partial charge in [0.1, 0.15) is 0 Å². The van der Waals surface area contributed by atoms with Crippen LogP contribution in [0, 0.1) is 18.8 Å². The average molecular weight is 287 g/mol. The monoisotopic (exact) mass is 287 g/mol. The van der Waals surface area contributed by atoms with Crippen molar-refractivity contribution in [2.75, 3.05) is 0 Å². The van der Waals surface area contributed by atoms with E-state index in [9.17, 15) is 13.2 Å². The minimum atomic E-state index is -4.07. The molecule has 1 aliphatic rings. The first-order valence-corrected chi connectivity index (χ1v) is 6.87. The van der Waals surface area contributed by atoms with E-state index in [1.807, 2.05) is 19.1 Å². The smallest absolute Gasteiger partial charge is 0.271 e. The van der Waals surface area contributed by atoms with E-state index in [4.69, 9.17) is 5.84 Å². The Morgan fingerprint density at radius 2 is 1.90 bits per heavy atom. The van der Waals surface area contributed by atoms with Crippen LogP contribution in [0.25, 0.3) is 0 Å². The van der Waals surface area contributed by atoms with Gasteiger partial charge in [-0.05, 0) is 50.2 Å². The third-order valence-electron chi connectivity index (χ3n) is 4.18. The lowest BCUT2D eigenvalue weighted by molar-refractivity contribution is -0.184. The van der Waals surface area contributed by atoms with Crippen LogP contribution in [0.3, 0.4) is 0 Å². The van der Waals surface area contributed by atoms with Crippen LogP contribution >= 0.6 is 0 Å². The molecule has 2 rings (SSSR count). The van der Waals surface area contributed by atoms with Crippen molar-refractivity contribution in [2.45, 2.75) is 44.8 Å². The normalized spacial score (nSPS) is 25.4. The summed E-state index contributed by atoms with van der Waals surface area (Å²) in [5, 5.41) is 0. The number of hydrogen-bond donors (Lipinski definition) is 2. The van der Waals surface area contributed by atoms with Crippen molar-refractivity contribution < 1.29 is 13.2 Å². The summed E-state index contributed by atoms with van der Waals surface area (Å²) in [6, 6.07) is 3.70. The lowest BCUT2D eigenvalue weighted by Gasteiger charge is -2.34. The van der Waals surface area contributed by atoms with Gasteiger partial charge in [-0.3, -0.25) is 16.3 Å². The van der Waals surface area contributed by atoms with E-state index in [1.165, 1.54) is 0 Å². The van der Waals surface area contributed by atoms with Crippen molar-refractivity contribution in [3.05, 3.63) is 29.6 Å². The number of hydrogen-bond acceptors (Lipinski definition) is 3. The predicted octanol–water partition coefficient (Wildman–Crippen LogP) is 3.26. The first-order valence-electron chi connectivity index (χ1n) is 6.87. The highest BCUT2D eigenvalue weighted by atomic mass is 19.4. The van der Waals surface area contributed by atoms with E-state index >= 15 is 0 Å². The van der Waals surface area contributed by atoms with Gasteiger partial charge in [-0.15, -0.1) is 0 Å². The number of nitrogens with one attached hydrogen (secondary N) is 1. The molecule has 0 aromatic carbocycles. The van der Waals surface area contributed by atoms with E-state index in [0.717, 1.165) is 11.3 Å². The summed E-state index contributed by atoms with van der Waals surface area (Å²) in [6.07, 6.45) is -0.880. The second kappa shape index (κ2) is 6.10. The molecule has 3 N–H and O–H groups in total. The number of nitrogens with two attached hydrogens (primary N) is 1. The molecule has 1 unspecified atom stereocenters. The Hall–Kier alpha value is -1.14. The van der Waals surface area contributed by atoms with Crippen molar-refractivity contribution in [3.8, 4) is 0 Å². The zero-order valence-corrected chi connectivity index (χ0v) is 11.5. The van der Waals surface area contributed by atoms with Crippen LogP contribution in [0.4, 0.5) is 13.2 Å². The summed E-state index contributed by atoms with van der Waals surface area (Å²) in [5.74, 6) is 4.56. The van der Waals surface area contributed by atoms with Crippen molar-refractivity contribution in [2.24, 2.45) is 17.7 Å². The molecule has 112 valence electrons. The van der Waals surface area contributed by atoms with Gasteiger partial charge in [-0.25, -0.2) is 0 Å². The Morgan fingerprint density at radius 1 is 1.25 bits per heavy atom. The van der Waals surface area contributed by atoms with Gasteiger partial charge in [0.25, 0.3) is 0 Å². The van der Waals surface area contributed by atoms with Crippen molar-refractivity contribution in [1.29, 1.82) is 0 Å². The maximum absolute atomic E-state index is 12.7. The molecule has 1 atom stereocenters. The molecule has 1 heterocycles. The first kappa shape index (κ1) is 15.3. The summed E-state index contributed by atoms with van der Waals surface area (Å²) < 4.78 is 38.0. The van der Waals surface area contributed by atoms with E-state index < -0.39 is 12.1 Å². The van der Waals surface area contributed by atoms with Gasteiger partial charge in [-0.1, -0.05) is 6.07 Å². The molecule has 0 saturated heterocycles. The van der Waals surface area contributed by atoms with Crippen molar-refractivity contribution >= 4 is 0 Å². The Morgan fingerprint density at radius 3 is 2.35 bits per heavy atom. The van der Waals surface area contributed by atoms with Gasteiger partial charge < -0.3 is 0 Å². The molecule has 0 radical (unpaired) electrons. The molecular weight excluding hydrogens is 267 g/mol. The summed E-state index contributed by atoms with van der Waals surface area (Å²) in [6.45, 7) is 1.89.